The number of carbonyl (C=O) groups is 2. The monoisotopic (exact) mass is 886 g/mol. The molecule has 0 aromatic carbocycles. The number of esters is 2. The van der Waals surface area contributed by atoms with Gasteiger partial charge in [-0.3, -0.25) is 9.59 Å². The van der Waals surface area contributed by atoms with E-state index < -0.39 is 89.0 Å². The van der Waals surface area contributed by atoms with Gasteiger partial charge in [-0.15, -0.1) is 0 Å². The summed E-state index contributed by atoms with van der Waals surface area (Å²) < 4.78 is 144. The van der Waals surface area contributed by atoms with Gasteiger partial charge in [0.25, 0.3) is 0 Å². The third-order valence-electron chi connectivity index (χ3n) is 21.3. The van der Waals surface area contributed by atoms with Crippen LogP contribution in [0, 0.1) is 80.8 Å². The summed E-state index contributed by atoms with van der Waals surface area (Å²) in [6.45, 7) is -0.203. The molecule has 6 unspecified atom stereocenters. The van der Waals surface area contributed by atoms with Gasteiger partial charge in [0, 0.05) is 37.5 Å². The lowest BCUT2D eigenvalue weighted by Gasteiger charge is -2.64. The van der Waals surface area contributed by atoms with Crippen LogP contribution in [0.5, 0.6) is 0 Å². The van der Waals surface area contributed by atoms with Gasteiger partial charge in [0.1, 0.15) is 25.4 Å². The van der Waals surface area contributed by atoms with Crippen molar-refractivity contribution in [3.05, 3.63) is 0 Å². The lowest BCUT2D eigenvalue weighted by Crippen LogP contribution is -2.59. The van der Waals surface area contributed by atoms with Crippen molar-refractivity contribution in [2.24, 2.45) is 80.8 Å². The summed E-state index contributed by atoms with van der Waals surface area (Å²) in [5.74, 6) is -16.1. The molecule has 62 heavy (non-hydrogen) atoms. The number of carbonyl (C=O) groups excluding carboxylic acids is 2. The Bertz CT molecular complexity index is 1660. The highest BCUT2D eigenvalue weighted by Crippen LogP contribution is 2.73. The Morgan fingerprint density at radius 2 is 0.710 bits per heavy atom. The summed E-state index contributed by atoms with van der Waals surface area (Å²) in [7, 11) is 0. The van der Waals surface area contributed by atoms with Gasteiger partial charge in [0.2, 0.25) is 0 Å². The van der Waals surface area contributed by atoms with Crippen molar-refractivity contribution in [2.75, 3.05) is 13.2 Å². The van der Waals surface area contributed by atoms with E-state index in [4.69, 9.17) is 18.9 Å². The maximum Gasteiger partial charge on any atom is 0.312 e. The van der Waals surface area contributed by atoms with Gasteiger partial charge in [0.05, 0.1) is 10.8 Å². The number of alkyl halides is 8. The minimum Gasteiger partial charge on any atom is -0.462 e. The number of hydrogen-bond donors (Lipinski definition) is 0. The Hall–Kier alpha value is -1.70. The fourth-order valence-corrected chi connectivity index (χ4v) is 18.8. The van der Waals surface area contributed by atoms with Crippen LogP contribution in [0.15, 0.2) is 0 Å². The van der Waals surface area contributed by atoms with E-state index in [-0.39, 0.29) is 98.2 Å². The van der Waals surface area contributed by atoms with Crippen molar-refractivity contribution in [1.29, 1.82) is 0 Å². The van der Waals surface area contributed by atoms with Gasteiger partial charge in [-0.1, -0.05) is 0 Å². The average Bonchev–Trinajstić information content (AvgIpc) is 3.49. The van der Waals surface area contributed by atoms with Gasteiger partial charge in [-0.2, -0.15) is 35.1 Å². The third kappa shape index (κ3) is 5.76. The molecule has 0 N–H and O–H groups in total. The molecule has 3 spiro atoms. The highest BCUT2D eigenvalue weighted by atomic mass is 19.3. The molecule has 15 rings (SSSR count). The second-order valence-electron chi connectivity index (χ2n) is 24.1. The van der Waals surface area contributed by atoms with Crippen LogP contribution >= 0.6 is 0 Å². The number of halogens is 8. The molecular weight excluding hydrogens is 825 g/mol. The van der Waals surface area contributed by atoms with Crippen LogP contribution in [0.4, 0.5) is 35.1 Å². The molecule has 12 bridgehead atoms. The summed E-state index contributed by atoms with van der Waals surface area (Å²) >= 11 is 0. The van der Waals surface area contributed by atoms with E-state index in [9.17, 15) is 44.7 Å². The molecule has 0 aromatic heterocycles. The molecule has 14 heteroatoms. The molecule has 14 saturated carbocycles. The largest absolute Gasteiger partial charge is 0.462 e. The summed E-state index contributed by atoms with van der Waals surface area (Å²) in [6.07, 6.45) is 6.76. The van der Waals surface area contributed by atoms with Crippen LogP contribution in [0.3, 0.4) is 0 Å². The van der Waals surface area contributed by atoms with Crippen molar-refractivity contribution in [1.82, 2.24) is 0 Å². The van der Waals surface area contributed by atoms with Gasteiger partial charge >= 0.3 is 35.6 Å². The van der Waals surface area contributed by atoms with Crippen LogP contribution in [-0.2, 0) is 28.5 Å². The fraction of sp³-hybridized carbons (Fsp3) is 0.958. The van der Waals surface area contributed by atoms with Crippen LogP contribution in [0.25, 0.3) is 0 Å². The predicted octanol–water partition coefficient (Wildman–Crippen LogP) is 11.3. The lowest BCUT2D eigenvalue weighted by molar-refractivity contribution is -0.301. The average molecular weight is 887 g/mol. The molecule has 346 valence electrons. The zero-order valence-electron chi connectivity index (χ0n) is 35.6. The molecule has 15 aliphatic rings. The second-order valence-corrected chi connectivity index (χ2v) is 24.1. The highest BCUT2D eigenvalue weighted by Gasteiger charge is 2.71. The molecule has 0 amide bonds. The molecule has 15 fully saturated rings. The minimum atomic E-state index is -4.04. The topological polar surface area (TPSA) is 71.1 Å². The van der Waals surface area contributed by atoms with E-state index in [1.54, 1.807) is 0 Å². The fourth-order valence-electron chi connectivity index (χ4n) is 18.8. The van der Waals surface area contributed by atoms with E-state index in [1.165, 1.54) is 6.42 Å². The van der Waals surface area contributed by atoms with E-state index in [0.717, 1.165) is 51.4 Å². The Morgan fingerprint density at radius 1 is 0.403 bits per heavy atom. The van der Waals surface area contributed by atoms with Crippen molar-refractivity contribution in [3.8, 4) is 0 Å². The first-order valence-corrected chi connectivity index (χ1v) is 24.4. The van der Waals surface area contributed by atoms with Gasteiger partial charge in [-0.05, 0) is 180 Å². The van der Waals surface area contributed by atoms with Gasteiger partial charge in [-0.25, -0.2) is 0 Å². The first-order chi connectivity index (χ1) is 29.2. The molecule has 0 radical (unpaired) electrons. The zero-order chi connectivity index (χ0) is 43.1. The van der Waals surface area contributed by atoms with E-state index in [2.05, 4.69) is 0 Å². The molecule has 6 nitrogen and oxygen atoms in total. The Labute approximate surface area is 358 Å². The van der Waals surface area contributed by atoms with Crippen LogP contribution < -0.4 is 0 Å². The molecular formula is C48H62F8O6. The quantitative estimate of drug-likeness (QED) is 0.195. The normalized spacial score (nSPS) is 50.8. The first-order valence-electron chi connectivity index (χ1n) is 24.4. The van der Waals surface area contributed by atoms with E-state index >= 15 is 0 Å². The molecule has 1 heterocycles. The van der Waals surface area contributed by atoms with Crippen molar-refractivity contribution in [2.45, 2.75) is 189 Å². The first kappa shape index (κ1) is 41.7. The maximum atomic E-state index is 14.6. The van der Waals surface area contributed by atoms with Gasteiger partial charge < -0.3 is 18.9 Å². The van der Waals surface area contributed by atoms with Gasteiger partial charge in [0.15, 0.2) is 5.79 Å². The number of ether oxygens (including phenoxy) is 4. The summed E-state index contributed by atoms with van der Waals surface area (Å²) in [6, 6.07) is 0. The molecule has 1 aliphatic heterocycles. The van der Waals surface area contributed by atoms with Crippen LogP contribution in [0.2, 0.25) is 0 Å². The van der Waals surface area contributed by atoms with Crippen LogP contribution in [0.1, 0.15) is 148 Å². The minimum absolute atomic E-state index is 0.0461. The summed E-state index contributed by atoms with van der Waals surface area (Å²) in [5.41, 5.74) is -2.85. The standard InChI is InChI=1S/C48H62F8O6/c49-44(50)5-1-42(2-6-45(44,51)52)32-14-28-15-33(42)21-40(18-28,20-32)38(57)59-24-36-37(62-48(61-36)30-10-26-9-27(12-30)13-31(48)11-26)25-60-39(58)41-19-29-16-34(22-41)43(35(17-29)23-41)3-7-46(53,54)47(55,56)8-4-43/h26-37H,1-25H2. The molecule has 14 aliphatic carbocycles. The number of rotatable bonds is 6. The highest BCUT2D eigenvalue weighted by molar-refractivity contribution is 5.78. The maximum absolute atomic E-state index is 14.6. The van der Waals surface area contributed by atoms with E-state index in [0.29, 0.717) is 50.4 Å². The SMILES string of the molecule is O=C(OCC1OC2(OC1COC(=O)C13CC4CC(C1)C1(CCC(F)(F)C(F)(F)CC1)C(C4)C3)C1CC3CC(C1)CC2C3)C12CC3CC(C1)C1(CCC(F)(F)C(F)(F)CC1)C(C3)C2. The third-order valence-corrected chi connectivity index (χ3v) is 21.3. The summed E-state index contributed by atoms with van der Waals surface area (Å²) in [5, 5.41) is 0. The Balaban J connectivity index is 0.753. The van der Waals surface area contributed by atoms with Crippen molar-refractivity contribution >= 4 is 11.9 Å². The van der Waals surface area contributed by atoms with Crippen LogP contribution in [-0.4, -0.2) is 66.8 Å². The Kier molecular flexibility index (Phi) is 8.92. The Morgan fingerprint density at radius 3 is 1.03 bits per heavy atom. The smallest absolute Gasteiger partial charge is 0.312 e. The van der Waals surface area contributed by atoms with Crippen molar-refractivity contribution in [3.63, 3.8) is 0 Å². The zero-order valence-corrected chi connectivity index (χ0v) is 35.6. The van der Waals surface area contributed by atoms with Crippen molar-refractivity contribution < 1.29 is 63.7 Å². The van der Waals surface area contributed by atoms with E-state index in [1.807, 2.05) is 0 Å². The summed E-state index contributed by atoms with van der Waals surface area (Å²) in [4.78, 5) is 28.9. The lowest BCUT2D eigenvalue weighted by atomic mass is 9.39. The predicted molar refractivity (Wildman–Crippen MR) is 205 cm³/mol. The second kappa shape index (κ2) is 13.3. The molecule has 1 saturated heterocycles. The molecule has 6 atom stereocenters. The molecule has 0 aromatic rings. The number of hydrogen-bond acceptors (Lipinski definition) is 6.